The highest BCUT2D eigenvalue weighted by molar-refractivity contribution is 5.98. The minimum Gasteiger partial charge on any atom is -0.479 e. The third-order valence-corrected chi connectivity index (χ3v) is 3.78. The molecule has 1 heterocycles. The summed E-state index contributed by atoms with van der Waals surface area (Å²) in [6.45, 7) is 4.54. The first kappa shape index (κ1) is 13.2. The van der Waals surface area contributed by atoms with Crippen LogP contribution in [0.1, 0.15) is 26.7 Å². The molecule has 0 aromatic heterocycles. The highest BCUT2D eigenvalue weighted by Gasteiger charge is 2.30. The molecular formula is C15H20N2O3. The molecule has 0 bridgehead atoms. The summed E-state index contributed by atoms with van der Waals surface area (Å²) in [5, 5.41) is 6.32. The minimum atomic E-state index is -0.431. The van der Waals surface area contributed by atoms with Crippen molar-refractivity contribution < 1.29 is 14.3 Å². The quantitative estimate of drug-likeness (QED) is 0.886. The molecule has 20 heavy (non-hydrogen) atoms. The number of amides is 1. The number of hydrogen-bond acceptors (Lipinski definition) is 4. The SMILES string of the molecule is CCOC1CC(Nc2ccc3c(c2)NC(=O)C(C)O3)C1. The first-order chi connectivity index (χ1) is 9.65. The predicted molar refractivity (Wildman–Crippen MR) is 77.2 cm³/mol. The zero-order valence-electron chi connectivity index (χ0n) is 11.8. The summed E-state index contributed by atoms with van der Waals surface area (Å²) in [4.78, 5) is 11.6. The van der Waals surface area contributed by atoms with Crippen LogP contribution in [0.3, 0.4) is 0 Å². The lowest BCUT2D eigenvalue weighted by Crippen LogP contribution is -2.40. The van der Waals surface area contributed by atoms with Crippen molar-refractivity contribution in [2.45, 2.75) is 44.9 Å². The van der Waals surface area contributed by atoms with E-state index >= 15 is 0 Å². The molecular weight excluding hydrogens is 256 g/mol. The normalized spacial score (nSPS) is 27.9. The monoisotopic (exact) mass is 276 g/mol. The van der Waals surface area contributed by atoms with Gasteiger partial charge in [-0.15, -0.1) is 0 Å². The van der Waals surface area contributed by atoms with Gasteiger partial charge < -0.3 is 20.1 Å². The number of benzene rings is 1. The first-order valence-corrected chi connectivity index (χ1v) is 7.15. The minimum absolute atomic E-state index is 0.102. The Morgan fingerprint density at radius 1 is 1.45 bits per heavy atom. The molecule has 5 nitrogen and oxygen atoms in total. The predicted octanol–water partition coefficient (Wildman–Crippen LogP) is 2.39. The Morgan fingerprint density at radius 3 is 3.00 bits per heavy atom. The topological polar surface area (TPSA) is 59.6 Å². The van der Waals surface area contributed by atoms with Gasteiger partial charge in [0.2, 0.25) is 0 Å². The summed E-state index contributed by atoms with van der Waals surface area (Å²) in [6.07, 6.45) is 2.02. The summed E-state index contributed by atoms with van der Waals surface area (Å²) in [6, 6.07) is 6.25. The van der Waals surface area contributed by atoms with Crippen LogP contribution in [-0.2, 0) is 9.53 Å². The average Bonchev–Trinajstić information content (AvgIpc) is 2.38. The molecule has 5 heteroatoms. The molecule has 2 aliphatic rings. The van der Waals surface area contributed by atoms with Crippen LogP contribution in [0, 0.1) is 0 Å². The summed E-state index contributed by atoms with van der Waals surface area (Å²) < 4.78 is 11.1. The van der Waals surface area contributed by atoms with E-state index < -0.39 is 6.10 Å². The van der Waals surface area contributed by atoms with Crippen molar-refractivity contribution in [3.63, 3.8) is 0 Å². The molecule has 1 aromatic rings. The summed E-state index contributed by atoms with van der Waals surface area (Å²) in [5.74, 6) is 0.623. The van der Waals surface area contributed by atoms with Crippen molar-refractivity contribution in [2.24, 2.45) is 0 Å². The van der Waals surface area contributed by atoms with Crippen LogP contribution >= 0.6 is 0 Å². The number of carbonyl (C=O) groups excluding carboxylic acids is 1. The maximum Gasteiger partial charge on any atom is 0.265 e. The van der Waals surface area contributed by atoms with E-state index in [1.807, 2.05) is 25.1 Å². The van der Waals surface area contributed by atoms with Crippen molar-refractivity contribution in [2.75, 3.05) is 17.2 Å². The Bertz CT molecular complexity index is 512. The van der Waals surface area contributed by atoms with E-state index in [1.54, 1.807) is 6.92 Å². The number of ether oxygens (including phenoxy) is 2. The molecule has 1 fully saturated rings. The Labute approximate surface area is 118 Å². The second kappa shape index (κ2) is 5.32. The standard InChI is InChI=1S/C15H20N2O3/c1-3-19-12-6-11(7-12)16-10-4-5-14-13(8-10)17-15(18)9(2)20-14/h4-5,8-9,11-12,16H,3,6-7H2,1-2H3,(H,17,18). The molecule has 108 valence electrons. The molecule has 1 saturated carbocycles. The van der Waals surface area contributed by atoms with Crippen molar-refractivity contribution in [1.82, 2.24) is 0 Å². The fourth-order valence-electron chi connectivity index (χ4n) is 2.59. The average molecular weight is 276 g/mol. The van der Waals surface area contributed by atoms with Gasteiger partial charge in [-0.05, 0) is 44.9 Å². The van der Waals surface area contributed by atoms with Gasteiger partial charge in [0.15, 0.2) is 6.10 Å². The van der Waals surface area contributed by atoms with Gasteiger partial charge in [0.25, 0.3) is 5.91 Å². The second-order valence-electron chi connectivity index (χ2n) is 5.35. The summed E-state index contributed by atoms with van der Waals surface area (Å²) >= 11 is 0. The smallest absolute Gasteiger partial charge is 0.265 e. The van der Waals surface area contributed by atoms with E-state index in [2.05, 4.69) is 10.6 Å². The van der Waals surface area contributed by atoms with Crippen molar-refractivity contribution in [3.8, 4) is 5.75 Å². The lowest BCUT2D eigenvalue weighted by atomic mass is 9.89. The molecule has 0 radical (unpaired) electrons. The molecule has 1 unspecified atom stereocenters. The molecule has 1 amide bonds. The summed E-state index contributed by atoms with van der Waals surface area (Å²) in [7, 11) is 0. The van der Waals surface area contributed by atoms with Crippen LogP contribution in [0.15, 0.2) is 18.2 Å². The maximum absolute atomic E-state index is 11.6. The Kier molecular flexibility index (Phi) is 3.53. The number of hydrogen-bond donors (Lipinski definition) is 2. The van der Waals surface area contributed by atoms with Crippen LogP contribution in [-0.4, -0.2) is 30.8 Å². The van der Waals surface area contributed by atoms with Gasteiger partial charge in [-0.2, -0.15) is 0 Å². The number of anilines is 2. The lowest BCUT2D eigenvalue weighted by molar-refractivity contribution is -0.122. The Morgan fingerprint density at radius 2 is 2.25 bits per heavy atom. The molecule has 1 aromatic carbocycles. The number of carbonyl (C=O) groups is 1. The lowest BCUT2D eigenvalue weighted by Gasteiger charge is -2.36. The van der Waals surface area contributed by atoms with E-state index in [9.17, 15) is 4.79 Å². The third-order valence-electron chi connectivity index (χ3n) is 3.78. The second-order valence-corrected chi connectivity index (χ2v) is 5.35. The van der Waals surface area contributed by atoms with Crippen molar-refractivity contribution in [3.05, 3.63) is 18.2 Å². The van der Waals surface area contributed by atoms with Crippen LogP contribution in [0.5, 0.6) is 5.75 Å². The fourth-order valence-corrected chi connectivity index (χ4v) is 2.59. The highest BCUT2D eigenvalue weighted by Crippen LogP contribution is 2.34. The Balaban J connectivity index is 1.62. The van der Waals surface area contributed by atoms with E-state index in [0.717, 1.165) is 36.6 Å². The van der Waals surface area contributed by atoms with Gasteiger partial charge in [-0.25, -0.2) is 0 Å². The number of rotatable bonds is 4. The van der Waals surface area contributed by atoms with Crippen LogP contribution in [0.25, 0.3) is 0 Å². The van der Waals surface area contributed by atoms with E-state index in [1.165, 1.54) is 0 Å². The van der Waals surface area contributed by atoms with Crippen LogP contribution in [0.4, 0.5) is 11.4 Å². The summed E-state index contributed by atoms with van der Waals surface area (Å²) in [5.41, 5.74) is 1.74. The third kappa shape index (κ3) is 2.58. The van der Waals surface area contributed by atoms with Crippen molar-refractivity contribution >= 4 is 17.3 Å². The van der Waals surface area contributed by atoms with Crippen LogP contribution in [0.2, 0.25) is 0 Å². The van der Waals surface area contributed by atoms with Gasteiger partial charge in [0.05, 0.1) is 11.8 Å². The van der Waals surface area contributed by atoms with Gasteiger partial charge in [-0.1, -0.05) is 0 Å². The zero-order valence-corrected chi connectivity index (χ0v) is 11.8. The highest BCUT2D eigenvalue weighted by atomic mass is 16.5. The first-order valence-electron chi connectivity index (χ1n) is 7.15. The molecule has 0 spiro atoms. The molecule has 0 saturated heterocycles. The van der Waals surface area contributed by atoms with Gasteiger partial charge in [0, 0.05) is 18.3 Å². The van der Waals surface area contributed by atoms with Crippen molar-refractivity contribution in [1.29, 1.82) is 0 Å². The largest absolute Gasteiger partial charge is 0.479 e. The van der Waals surface area contributed by atoms with Gasteiger partial charge in [-0.3, -0.25) is 4.79 Å². The van der Waals surface area contributed by atoms with E-state index in [0.29, 0.717) is 12.1 Å². The molecule has 1 aliphatic heterocycles. The van der Waals surface area contributed by atoms with Gasteiger partial charge in [0.1, 0.15) is 5.75 Å². The molecule has 3 rings (SSSR count). The molecule has 1 atom stereocenters. The number of fused-ring (bicyclic) bond motifs is 1. The van der Waals surface area contributed by atoms with Crippen LogP contribution < -0.4 is 15.4 Å². The molecule has 1 aliphatic carbocycles. The van der Waals surface area contributed by atoms with E-state index in [4.69, 9.17) is 9.47 Å². The van der Waals surface area contributed by atoms with Gasteiger partial charge >= 0.3 is 0 Å². The number of nitrogens with one attached hydrogen (secondary N) is 2. The van der Waals surface area contributed by atoms with E-state index in [-0.39, 0.29) is 5.91 Å². The molecule has 2 N–H and O–H groups in total. The maximum atomic E-state index is 11.6. The zero-order chi connectivity index (χ0) is 14.1. The Hall–Kier alpha value is -1.75. The fraction of sp³-hybridized carbons (Fsp3) is 0.533.